The van der Waals surface area contributed by atoms with Gasteiger partial charge in [0.15, 0.2) is 0 Å². The molecule has 0 unspecified atom stereocenters. The van der Waals surface area contributed by atoms with E-state index in [-0.39, 0.29) is 0 Å². The van der Waals surface area contributed by atoms with Crippen LogP contribution in [-0.2, 0) is 13.1 Å². The number of ether oxygens (including phenoxy) is 1. The highest BCUT2D eigenvalue weighted by molar-refractivity contribution is 5.34. The molecule has 2 aromatic heterocycles. The zero-order valence-corrected chi connectivity index (χ0v) is 10.6. The van der Waals surface area contributed by atoms with Gasteiger partial charge in [0.1, 0.15) is 5.82 Å². The Labute approximate surface area is 106 Å². The Morgan fingerprint density at radius 3 is 2.89 bits per heavy atom. The maximum absolute atomic E-state index is 4.95. The maximum atomic E-state index is 4.95. The molecule has 0 amide bonds. The molecule has 2 rings (SSSR count). The van der Waals surface area contributed by atoms with Crippen LogP contribution in [0.4, 0.5) is 5.82 Å². The quantitative estimate of drug-likeness (QED) is 0.841. The Balaban J connectivity index is 1.89. The summed E-state index contributed by atoms with van der Waals surface area (Å²) in [5.41, 5.74) is 1.13. The largest absolute Gasteiger partial charge is 0.480 e. The highest BCUT2D eigenvalue weighted by atomic mass is 16.5. The average Bonchev–Trinajstić information content (AvgIpc) is 2.85. The highest BCUT2D eigenvalue weighted by Gasteiger charge is 2.00. The van der Waals surface area contributed by atoms with E-state index in [9.17, 15) is 0 Å². The fourth-order valence-corrected chi connectivity index (χ4v) is 1.56. The van der Waals surface area contributed by atoms with E-state index in [0.29, 0.717) is 12.4 Å². The molecule has 0 bridgehead atoms. The predicted octanol–water partition coefficient (Wildman–Crippen LogP) is 1.70. The molecule has 0 saturated carbocycles. The molecule has 0 spiro atoms. The molecule has 18 heavy (non-hydrogen) atoms. The second-order valence-corrected chi connectivity index (χ2v) is 3.93. The van der Waals surface area contributed by atoms with Crippen molar-refractivity contribution in [2.24, 2.45) is 0 Å². The van der Waals surface area contributed by atoms with Crippen molar-refractivity contribution in [2.45, 2.75) is 26.4 Å². The lowest BCUT2D eigenvalue weighted by Gasteiger charge is -2.03. The summed E-state index contributed by atoms with van der Waals surface area (Å²) in [6, 6.07) is 3.61. The molecule has 0 radical (unpaired) electrons. The molecule has 2 aromatic rings. The first-order valence-corrected chi connectivity index (χ1v) is 5.94. The zero-order chi connectivity index (χ0) is 12.8. The van der Waals surface area contributed by atoms with Gasteiger partial charge in [-0.1, -0.05) is 6.92 Å². The molecule has 1 N–H and O–H groups in total. The van der Waals surface area contributed by atoms with Gasteiger partial charge in [0.05, 0.1) is 13.3 Å². The molecule has 0 aliphatic heterocycles. The summed E-state index contributed by atoms with van der Waals surface area (Å²) >= 11 is 0. The first-order valence-electron chi connectivity index (χ1n) is 5.94. The van der Waals surface area contributed by atoms with Crippen molar-refractivity contribution in [1.82, 2.24) is 20.0 Å². The fraction of sp³-hybridized carbons (Fsp3) is 0.417. The standard InChI is InChI=1S/C12H17N5O/c1-3-6-17-9-10(8-14-17)7-13-11-4-5-12(18-2)16-15-11/h4-5,8-9H,3,6-7H2,1-2H3,(H,13,15). The Morgan fingerprint density at radius 1 is 1.33 bits per heavy atom. The molecule has 6 heteroatoms. The summed E-state index contributed by atoms with van der Waals surface area (Å²) in [5, 5.41) is 15.3. The van der Waals surface area contributed by atoms with Crippen LogP contribution in [0.1, 0.15) is 18.9 Å². The monoisotopic (exact) mass is 247 g/mol. The van der Waals surface area contributed by atoms with E-state index in [4.69, 9.17) is 4.74 Å². The van der Waals surface area contributed by atoms with Crippen LogP contribution < -0.4 is 10.1 Å². The van der Waals surface area contributed by atoms with Crippen LogP contribution >= 0.6 is 0 Å². The minimum atomic E-state index is 0.510. The van der Waals surface area contributed by atoms with E-state index in [0.717, 1.165) is 24.3 Å². The number of hydrogen-bond acceptors (Lipinski definition) is 5. The number of nitrogens with one attached hydrogen (secondary N) is 1. The molecule has 0 fully saturated rings. The minimum Gasteiger partial charge on any atom is -0.480 e. The van der Waals surface area contributed by atoms with E-state index in [2.05, 4.69) is 27.5 Å². The molecule has 96 valence electrons. The van der Waals surface area contributed by atoms with Crippen LogP contribution in [0, 0.1) is 0 Å². The SMILES string of the molecule is CCCn1cc(CNc2ccc(OC)nn2)cn1. The van der Waals surface area contributed by atoms with Crippen molar-refractivity contribution < 1.29 is 4.74 Å². The number of aromatic nitrogens is 4. The van der Waals surface area contributed by atoms with Gasteiger partial charge in [-0.15, -0.1) is 10.2 Å². The average molecular weight is 247 g/mol. The molecule has 0 aliphatic carbocycles. The maximum Gasteiger partial charge on any atom is 0.233 e. The first-order chi connectivity index (χ1) is 8.81. The molecule has 0 atom stereocenters. The second-order valence-electron chi connectivity index (χ2n) is 3.93. The number of hydrogen-bond donors (Lipinski definition) is 1. The van der Waals surface area contributed by atoms with Gasteiger partial charge in [-0.05, 0) is 12.5 Å². The summed E-state index contributed by atoms with van der Waals surface area (Å²) in [5.74, 6) is 1.23. The molecular formula is C12H17N5O. The lowest BCUT2D eigenvalue weighted by molar-refractivity contribution is 0.392. The Bertz CT molecular complexity index is 479. The molecule has 6 nitrogen and oxygen atoms in total. The van der Waals surface area contributed by atoms with E-state index in [1.165, 1.54) is 0 Å². The van der Waals surface area contributed by atoms with Gasteiger partial charge in [-0.25, -0.2) is 0 Å². The van der Waals surface area contributed by atoms with Crippen molar-refractivity contribution in [3.05, 3.63) is 30.1 Å². The van der Waals surface area contributed by atoms with E-state index < -0.39 is 0 Å². The molecular weight excluding hydrogens is 230 g/mol. The van der Waals surface area contributed by atoms with Crippen LogP contribution in [-0.4, -0.2) is 27.1 Å². The van der Waals surface area contributed by atoms with Crippen molar-refractivity contribution in [2.75, 3.05) is 12.4 Å². The van der Waals surface area contributed by atoms with Gasteiger partial charge >= 0.3 is 0 Å². The number of rotatable bonds is 6. The lowest BCUT2D eigenvalue weighted by Crippen LogP contribution is -2.02. The topological polar surface area (TPSA) is 64.9 Å². The van der Waals surface area contributed by atoms with Gasteiger partial charge in [-0.2, -0.15) is 5.10 Å². The summed E-state index contributed by atoms with van der Waals surface area (Å²) in [7, 11) is 1.57. The van der Waals surface area contributed by atoms with Crippen LogP contribution in [0.5, 0.6) is 5.88 Å². The summed E-state index contributed by atoms with van der Waals surface area (Å²) in [6.45, 7) is 3.76. The van der Waals surface area contributed by atoms with Gasteiger partial charge in [0.25, 0.3) is 0 Å². The predicted molar refractivity (Wildman–Crippen MR) is 68.4 cm³/mol. The third-order valence-electron chi connectivity index (χ3n) is 2.46. The van der Waals surface area contributed by atoms with Gasteiger partial charge < -0.3 is 10.1 Å². The summed E-state index contributed by atoms with van der Waals surface area (Å²) in [4.78, 5) is 0. The number of methoxy groups -OCH3 is 1. The van der Waals surface area contributed by atoms with Crippen molar-refractivity contribution in [1.29, 1.82) is 0 Å². The first kappa shape index (κ1) is 12.3. The number of nitrogens with zero attached hydrogens (tertiary/aromatic N) is 4. The lowest BCUT2D eigenvalue weighted by atomic mass is 10.3. The zero-order valence-electron chi connectivity index (χ0n) is 10.6. The fourth-order valence-electron chi connectivity index (χ4n) is 1.56. The Kier molecular flexibility index (Phi) is 4.11. The van der Waals surface area contributed by atoms with E-state index in [1.54, 1.807) is 13.2 Å². The van der Waals surface area contributed by atoms with Crippen LogP contribution in [0.25, 0.3) is 0 Å². The van der Waals surface area contributed by atoms with E-state index >= 15 is 0 Å². The second kappa shape index (κ2) is 6.00. The van der Waals surface area contributed by atoms with Crippen LogP contribution in [0.15, 0.2) is 24.5 Å². The number of anilines is 1. The Hall–Kier alpha value is -2.11. The normalized spacial score (nSPS) is 10.3. The van der Waals surface area contributed by atoms with Crippen LogP contribution in [0.2, 0.25) is 0 Å². The molecule has 0 aromatic carbocycles. The Morgan fingerprint density at radius 2 is 2.22 bits per heavy atom. The minimum absolute atomic E-state index is 0.510. The molecule has 2 heterocycles. The molecule has 0 aliphatic rings. The smallest absolute Gasteiger partial charge is 0.233 e. The van der Waals surface area contributed by atoms with Crippen molar-refractivity contribution >= 4 is 5.82 Å². The van der Waals surface area contributed by atoms with Gasteiger partial charge in [0, 0.05) is 30.9 Å². The third kappa shape index (κ3) is 3.19. The van der Waals surface area contributed by atoms with Crippen molar-refractivity contribution in [3.8, 4) is 5.88 Å². The van der Waals surface area contributed by atoms with Gasteiger partial charge in [0.2, 0.25) is 5.88 Å². The number of aryl methyl sites for hydroxylation is 1. The summed E-state index contributed by atoms with van der Waals surface area (Å²) < 4.78 is 6.89. The van der Waals surface area contributed by atoms with Crippen molar-refractivity contribution in [3.63, 3.8) is 0 Å². The summed E-state index contributed by atoms with van der Waals surface area (Å²) in [6.07, 6.45) is 4.98. The van der Waals surface area contributed by atoms with E-state index in [1.807, 2.05) is 23.1 Å². The molecule has 0 saturated heterocycles. The van der Waals surface area contributed by atoms with Gasteiger partial charge in [-0.3, -0.25) is 4.68 Å². The highest BCUT2D eigenvalue weighted by Crippen LogP contribution is 2.09. The van der Waals surface area contributed by atoms with Crippen LogP contribution in [0.3, 0.4) is 0 Å². The third-order valence-corrected chi connectivity index (χ3v) is 2.46.